The first kappa shape index (κ1) is 14.7. The van der Waals surface area contributed by atoms with E-state index in [0.717, 1.165) is 19.3 Å². The lowest BCUT2D eigenvalue weighted by Crippen LogP contribution is -2.33. The quantitative estimate of drug-likeness (QED) is 0.653. The Morgan fingerprint density at radius 3 is 2.65 bits per heavy atom. The highest BCUT2D eigenvalue weighted by atomic mass is 16.8. The van der Waals surface area contributed by atoms with E-state index in [9.17, 15) is 9.59 Å². The van der Waals surface area contributed by atoms with Crippen molar-refractivity contribution in [1.82, 2.24) is 10.5 Å². The average molecular weight is 280 g/mol. The second-order valence-corrected chi connectivity index (χ2v) is 5.03. The molecule has 1 aliphatic heterocycles. The fourth-order valence-electron chi connectivity index (χ4n) is 2.48. The van der Waals surface area contributed by atoms with Gasteiger partial charge < -0.3 is 9.72 Å². The number of rotatable bonds is 4. The smallest absolute Gasteiger partial charge is 0.291 e. The molecule has 6 nitrogen and oxygen atoms in total. The lowest BCUT2D eigenvalue weighted by Gasteiger charge is -2.22. The normalized spacial score (nSPS) is 18.9. The summed E-state index contributed by atoms with van der Waals surface area (Å²) in [6.07, 6.45) is 2.42. The highest BCUT2D eigenvalue weighted by molar-refractivity contribution is 6.02. The summed E-state index contributed by atoms with van der Waals surface area (Å²) in [4.78, 5) is 31.8. The monoisotopic (exact) mass is 280 g/mol. The highest BCUT2D eigenvalue weighted by Gasteiger charge is 2.21. The fraction of sp³-hybridized carbons (Fsp3) is 0.571. The van der Waals surface area contributed by atoms with Crippen molar-refractivity contribution in [1.29, 1.82) is 0 Å². The molecule has 20 heavy (non-hydrogen) atoms. The predicted octanol–water partition coefficient (Wildman–Crippen LogP) is 2.02. The minimum absolute atomic E-state index is 0.0631. The van der Waals surface area contributed by atoms with Gasteiger partial charge in [0.05, 0.1) is 0 Å². The largest absolute Gasteiger partial charge is 0.354 e. The first-order chi connectivity index (χ1) is 9.50. The first-order valence-electron chi connectivity index (χ1n) is 6.78. The molecule has 0 saturated carbocycles. The number of carbonyl (C=O) groups excluding carboxylic acids is 2. The molecule has 1 aromatic heterocycles. The van der Waals surface area contributed by atoms with Crippen LogP contribution in [0.2, 0.25) is 0 Å². The SMILES string of the molecule is CC(=O)c1c(C)[nH]c(C(=O)NO[C@@H]2CCCCO2)c1C. The van der Waals surface area contributed by atoms with Crippen molar-refractivity contribution in [2.75, 3.05) is 6.61 Å². The number of aryl methyl sites for hydroxylation is 1. The molecule has 1 saturated heterocycles. The molecule has 0 radical (unpaired) electrons. The summed E-state index contributed by atoms with van der Waals surface area (Å²) >= 11 is 0. The highest BCUT2D eigenvalue weighted by Crippen LogP contribution is 2.19. The standard InChI is InChI=1S/C14H20N2O4/c1-8-12(10(3)17)9(2)15-13(8)14(18)16-20-11-6-4-5-7-19-11/h11,15H,4-7H2,1-3H3,(H,16,18)/t11-/m1/s1. The fourth-order valence-corrected chi connectivity index (χ4v) is 2.48. The summed E-state index contributed by atoms with van der Waals surface area (Å²) in [7, 11) is 0. The maximum absolute atomic E-state index is 12.1. The van der Waals surface area contributed by atoms with Crippen LogP contribution in [0, 0.1) is 13.8 Å². The number of carbonyl (C=O) groups is 2. The number of hydroxylamine groups is 1. The third-order valence-corrected chi connectivity index (χ3v) is 3.44. The zero-order valence-corrected chi connectivity index (χ0v) is 12.0. The Hall–Kier alpha value is -1.66. The number of Topliss-reactive ketones (excluding diaryl/α,β-unsaturated/α-hetero) is 1. The van der Waals surface area contributed by atoms with Gasteiger partial charge in [-0.15, -0.1) is 0 Å². The van der Waals surface area contributed by atoms with Gasteiger partial charge >= 0.3 is 0 Å². The summed E-state index contributed by atoms with van der Waals surface area (Å²) in [5.74, 6) is -0.459. The molecule has 0 spiro atoms. The number of hydrogen-bond acceptors (Lipinski definition) is 4. The van der Waals surface area contributed by atoms with Crippen LogP contribution in [-0.2, 0) is 9.57 Å². The van der Waals surface area contributed by atoms with Gasteiger partial charge in [-0.2, -0.15) is 0 Å². The Morgan fingerprint density at radius 1 is 1.35 bits per heavy atom. The molecule has 0 unspecified atom stereocenters. The molecule has 6 heteroatoms. The van der Waals surface area contributed by atoms with Gasteiger partial charge in [0.2, 0.25) is 0 Å². The van der Waals surface area contributed by atoms with Crippen molar-refractivity contribution in [3.8, 4) is 0 Å². The molecule has 1 aliphatic rings. The van der Waals surface area contributed by atoms with Gasteiger partial charge in [0.15, 0.2) is 12.1 Å². The second-order valence-electron chi connectivity index (χ2n) is 5.03. The van der Waals surface area contributed by atoms with Crippen molar-refractivity contribution in [2.45, 2.75) is 46.3 Å². The number of ketones is 1. The van der Waals surface area contributed by atoms with E-state index in [1.54, 1.807) is 13.8 Å². The Balaban J connectivity index is 2.02. The van der Waals surface area contributed by atoms with Crippen molar-refractivity contribution in [3.63, 3.8) is 0 Å². The van der Waals surface area contributed by atoms with Crippen LogP contribution >= 0.6 is 0 Å². The van der Waals surface area contributed by atoms with E-state index in [4.69, 9.17) is 9.57 Å². The van der Waals surface area contributed by atoms with Crippen molar-refractivity contribution in [2.24, 2.45) is 0 Å². The third kappa shape index (κ3) is 3.08. The van der Waals surface area contributed by atoms with Crippen LogP contribution in [0.15, 0.2) is 0 Å². The number of H-pyrrole nitrogens is 1. The number of aromatic amines is 1. The number of nitrogens with one attached hydrogen (secondary N) is 2. The zero-order chi connectivity index (χ0) is 14.7. The molecule has 1 fully saturated rings. The third-order valence-electron chi connectivity index (χ3n) is 3.44. The molecule has 0 bridgehead atoms. The Labute approximate surface area is 117 Å². The lowest BCUT2D eigenvalue weighted by atomic mass is 10.1. The van der Waals surface area contributed by atoms with Gasteiger partial charge in [-0.1, -0.05) is 0 Å². The van der Waals surface area contributed by atoms with Gasteiger partial charge in [-0.3, -0.25) is 9.59 Å². The van der Waals surface area contributed by atoms with Crippen LogP contribution in [0.4, 0.5) is 0 Å². The molecular weight excluding hydrogens is 260 g/mol. The van der Waals surface area contributed by atoms with Crippen molar-refractivity contribution in [3.05, 3.63) is 22.5 Å². The molecule has 110 valence electrons. The van der Waals surface area contributed by atoms with E-state index in [1.807, 2.05) is 0 Å². The molecule has 2 N–H and O–H groups in total. The zero-order valence-electron chi connectivity index (χ0n) is 12.0. The van der Waals surface area contributed by atoms with E-state index >= 15 is 0 Å². The average Bonchev–Trinajstić information content (AvgIpc) is 2.72. The summed E-state index contributed by atoms with van der Waals surface area (Å²) in [5, 5.41) is 0. The summed E-state index contributed by atoms with van der Waals surface area (Å²) in [5.41, 5.74) is 4.62. The van der Waals surface area contributed by atoms with E-state index in [0.29, 0.717) is 29.1 Å². The van der Waals surface area contributed by atoms with Crippen molar-refractivity contribution < 1.29 is 19.2 Å². The topological polar surface area (TPSA) is 80.4 Å². The number of ether oxygens (including phenoxy) is 1. The minimum Gasteiger partial charge on any atom is -0.354 e. The minimum atomic E-state index is -0.396. The number of aromatic nitrogens is 1. The van der Waals surface area contributed by atoms with Gasteiger partial charge in [-0.05, 0) is 39.2 Å². The second kappa shape index (κ2) is 6.19. The molecule has 1 aromatic rings. The van der Waals surface area contributed by atoms with Gasteiger partial charge in [-0.25, -0.2) is 10.3 Å². The van der Waals surface area contributed by atoms with Crippen molar-refractivity contribution >= 4 is 11.7 Å². The Morgan fingerprint density at radius 2 is 2.10 bits per heavy atom. The van der Waals surface area contributed by atoms with E-state index in [2.05, 4.69) is 10.5 Å². The molecular formula is C14H20N2O4. The van der Waals surface area contributed by atoms with Crippen LogP contribution in [0.3, 0.4) is 0 Å². The lowest BCUT2D eigenvalue weighted by molar-refractivity contribution is -0.186. The van der Waals surface area contributed by atoms with E-state index in [1.165, 1.54) is 6.92 Å². The molecule has 2 heterocycles. The summed E-state index contributed by atoms with van der Waals surface area (Å²) in [6.45, 7) is 5.64. The Bertz CT molecular complexity index is 515. The van der Waals surface area contributed by atoms with Crippen LogP contribution in [0.1, 0.15) is 58.3 Å². The first-order valence-corrected chi connectivity index (χ1v) is 6.78. The van der Waals surface area contributed by atoms with E-state index < -0.39 is 12.2 Å². The van der Waals surface area contributed by atoms with Crippen LogP contribution in [0.5, 0.6) is 0 Å². The maximum Gasteiger partial charge on any atom is 0.291 e. The van der Waals surface area contributed by atoms with Crippen LogP contribution in [0.25, 0.3) is 0 Å². The number of hydrogen-bond donors (Lipinski definition) is 2. The Kier molecular flexibility index (Phi) is 4.57. The van der Waals surface area contributed by atoms with Crippen LogP contribution < -0.4 is 5.48 Å². The van der Waals surface area contributed by atoms with E-state index in [-0.39, 0.29) is 5.78 Å². The molecule has 1 atom stereocenters. The number of amides is 1. The van der Waals surface area contributed by atoms with Gasteiger partial charge in [0, 0.05) is 24.3 Å². The van der Waals surface area contributed by atoms with Gasteiger partial charge in [0.1, 0.15) is 5.69 Å². The molecule has 0 aromatic carbocycles. The van der Waals surface area contributed by atoms with Gasteiger partial charge in [0.25, 0.3) is 5.91 Å². The predicted molar refractivity (Wildman–Crippen MR) is 72.4 cm³/mol. The van der Waals surface area contributed by atoms with Crippen LogP contribution in [-0.4, -0.2) is 29.6 Å². The summed E-state index contributed by atoms with van der Waals surface area (Å²) < 4.78 is 5.36. The molecule has 1 amide bonds. The summed E-state index contributed by atoms with van der Waals surface area (Å²) in [6, 6.07) is 0. The molecule has 2 rings (SSSR count). The maximum atomic E-state index is 12.1. The molecule has 0 aliphatic carbocycles.